The maximum atomic E-state index is 13.8. The summed E-state index contributed by atoms with van der Waals surface area (Å²) in [5, 5.41) is 1.11. The van der Waals surface area contributed by atoms with E-state index in [9.17, 15) is 4.79 Å². The van der Waals surface area contributed by atoms with Crippen molar-refractivity contribution in [2.75, 3.05) is 53.0 Å². The minimum Gasteiger partial charge on any atom is -0.491 e. The van der Waals surface area contributed by atoms with Crippen LogP contribution in [-0.4, -0.2) is 74.4 Å². The number of carbonyl (C=O) groups is 1. The minimum absolute atomic E-state index is 0.0760. The van der Waals surface area contributed by atoms with E-state index in [0.717, 1.165) is 29.8 Å². The quantitative estimate of drug-likeness (QED) is 0.169. The summed E-state index contributed by atoms with van der Waals surface area (Å²) < 4.78 is 12.5. The molecule has 6 rings (SSSR count). The highest BCUT2D eigenvalue weighted by atomic mass is 35.5. The number of hydrogen-bond acceptors (Lipinski definition) is 3. The summed E-state index contributed by atoms with van der Waals surface area (Å²) >= 11 is 12.9. The predicted molar refractivity (Wildman–Crippen MR) is 180 cm³/mol. The normalized spacial score (nSPS) is 21.8. The van der Waals surface area contributed by atoms with E-state index in [1.165, 1.54) is 48.9 Å². The van der Waals surface area contributed by atoms with Crippen molar-refractivity contribution in [2.24, 2.45) is 0 Å². The third kappa shape index (κ3) is 7.98. The van der Waals surface area contributed by atoms with Gasteiger partial charge in [0.1, 0.15) is 5.75 Å². The minimum atomic E-state index is 0.0760. The zero-order valence-corrected chi connectivity index (χ0v) is 28.0. The summed E-state index contributed by atoms with van der Waals surface area (Å²) in [7, 11) is 1.68. The zero-order valence-electron chi connectivity index (χ0n) is 26.4. The van der Waals surface area contributed by atoms with Gasteiger partial charge < -0.3 is 18.9 Å². The standard InChI is InChI=1S/C37H47Cl2N2O3/c1-28(2)44-33-11-7-8-29(24-33)25-36(42)40(18-23-43-3)27-31(30-12-13-34(38)35(39)26-30)14-19-41-20-15-37(16-21-41,17-22-41)32-9-5-4-6-10-32/h4-13,24,26,28,31H,14-23,25,27H2,1-3H3/q+1. The van der Waals surface area contributed by atoms with Crippen LogP contribution in [0.3, 0.4) is 0 Å². The summed E-state index contributed by atoms with van der Waals surface area (Å²) in [6.45, 7) is 10.4. The third-order valence-corrected chi connectivity index (χ3v) is 10.7. The summed E-state index contributed by atoms with van der Waals surface area (Å²) in [4.78, 5) is 15.8. The average molecular weight is 639 g/mol. The highest BCUT2D eigenvalue weighted by Gasteiger charge is 2.49. The molecule has 1 amide bonds. The van der Waals surface area contributed by atoms with E-state index in [4.69, 9.17) is 32.7 Å². The number of hydrogen-bond donors (Lipinski definition) is 0. The van der Waals surface area contributed by atoms with Gasteiger partial charge in [-0.05, 0) is 54.8 Å². The molecule has 0 aromatic heterocycles. The number of carbonyl (C=O) groups excluding carboxylic acids is 1. The van der Waals surface area contributed by atoms with Gasteiger partial charge in [0.2, 0.25) is 5.91 Å². The van der Waals surface area contributed by atoms with Gasteiger partial charge in [0.15, 0.2) is 0 Å². The number of halogens is 2. The van der Waals surface area contributed by atoms with Gasteiger partial charge in [0.25, 0.3) is 0 Å². The molecule has 3 aromatic rings. The Morgan fingerprint density at radius 1 is 0.932 bits per heavy atom. The lowest BCUT2D eigenvalue weighted by Gasteiger charge is -2.55. The van der Waals surface area contributed by atoms with Crippen molar-refractivity contribution < 1.29 is 18.8 Å². The average Bonchev–Trinajstić information content (AvgIpc) is 3.03. The van der Waals surface area contributed by atoms with E-state index in [-0.39, 0.29) is 17.9 Å². The Morgan fingerprint density at radius 2 is 1.66 bits per heavy atom. The zero-order chi connectivity index (χ0) is 31.2. The van der Waals surface area contributed by atoms with Crippen molar-refractivity contribution in [3.05, 3.63) is 99.5 Å². The molecule has 44 heavy (non-hydrogen) atoms. The first-order valence-corrected chi connectivity index (χ1v) is 16.8. The van der Waals surface area contributed by atoms with Crippen LogP contribution in [0.1, 0.15) is 62.1 Å². The van der Waals surface area contributed by atoms with Crippen LogP contribution in [0.15, 0.2) is 72.8 Å². The summed E-state index contributed by atoms with van der Waals surface area (Å²) in [5.41, 5.74) is 3.93. The first kappa shape index (κ1) is 32.8. The van der Waals surface area contributed by atoms with Crippen LogP contribution in [0.25, 0.3) is 0 Å². The number of methoxy groups -OCH3 is 1. The maximum Gasteiger partial charge on any atom is 0.227 e. The number of benzene rings is 3. The van der Waals surface area contributed by atoms with Gasteiger partial charge in [-0.25, -0.2) is 0 Å². The smallest absolute Gasteiger partial charge is 0.227 e. The van der Waals surface area contributed by atoms with Crippen LogP contribution in [0.2, 0.25) is 10.0 Å². The molecule has 3 fully saturated rings. The van der Waals surface area contributed by atoms with E-state index >= 15 is 0 Å². The van der Waals surface area contributed by atoms with Crippen LogP contribution in [0.4, 0.5) is 0 Å². The monoisotopic (exact) mass is 637 g/mol. The molecule has 1 atom stereocenters. The van der Waals surface area contributed by atoms with Crippen LogP contribution in [0.5, 0.6) is 5.75 Å². The topological polar surface area (TPSA) is 38.8 Å². The number of ether oxygens (including phenoxy) is 2. The lowest BCUT2D eigenvalue weighted by Crippen LogP contribution is -2.63. The van der Waals surface area contributed by atoms with Gasteiger partial charge in [-0.15, -0.1) is 0 Å². The molecule has 5 nitrogen and oxygen atoms in total. The number of piperidine rings is 3. The van der Waals surface area contributed by atoms with Crippen molar-refractivity contribution in [3.63, 3.8) is 0 Å². The molecular formula is C37H47Cl2N2O3+. The summed E-state index contributed by atoms with van der Waals surface area (Å²) in [5.74, 6) is 1.01. The van der Waals surface area contributed by atoms with Crippen LogP contribution in [0, 0.1) is 0 Å². The molecule has 236 valence electrons. The number of quaternary nitrogens is 1. The molecule has 0 spiro atoms. The van der Waals surface area contributed by atoms with Crippen molar-refractivity contribution in [1.29, 1.82) is 0 Å². The molecule has 0 N–H and O–H groups in total. The van der Waals surface area contributed by atoms with Crippen molar-refractivity contribution in [2.45, 2.75) is 63.4 Å². The largest absolute Gasteiger partial charge is 0.491 e. The molecule has 0 saturated carbocycles. The molecule has 3 heterocycles. The summed E-state index contributed by atoms with van der Waals surface area (Å²) in [6, 6.07) is 25.0. The molecule has 1 unspecified atom stereocenters. The van der Waals surface area contributed by atoms with Crippen LogP contribution < -0.4 is 4.74 Å². The van der Waals surface area contributed by atoms with Crippen molar-refractivity contribution in [1.82, 2.24) is 4.90 Å². The Kier molecular flexibility index (Phi) is 10.9. The fourth-order valence-electron chi connectivity index (χ4n) is 7.26. The van der Waals surface area contributed by atoms with Crippen molar-refractivity contribution >= 4 is 29.1 Å². The number of fused-ring (bicyclic) bond motifs is 3. The molecule has 3 aromatic carbocycles. The summed E-state index contributed by atoms with van der Waals surface area (Å²) in [6.07, 6.45) is 5.09. The van der Waals surface area contributed by atoms with E-state index in [1.54, 1.807) is 7.11 Å². The van der Waals surface area contributed by atoms with Gasteiger partial charge >= 0.3 is 0 Å². The first-order chi connectivity index (χ1) is 21.2. The van der Waals surface area contributed by atoms with E-state index in [0.29, 0.717) is 41.6 Å². The number of rotatable bonds is 14. The highest BCUT2D eigenvalue weighted by molar-refractivity contribution is 6.42. The predicted octanol–water partition coefficient (Wildman–Crippen LogP) is 7.92. The third-order valence-electron chi connectivity index (χ3n) is 9.93. The molecular weight excluding hydrogens is 591 g/mol. The molecule has 7 heteroatoms. The van der Waals surface area contributed by atoms with Gasteiger partial charge in [-0.3, -0.25) is 4.79 Å². The number of nitrogens with zero attached hydrogens (tertiary/aromatic N) is 2. The molecule has 0 radical (unpaired) electrons. The van der Waals surface area contributed by atoms with Crippen LogP contribution in [-0.2, 0) is 21.4 Å². The molecule has 3 aliphatic heterocycles. The fourth-order valence-corrected chi connectivity index (χ4v) is 7.56. The molecule has 3 saturated heterocycles. The molecule has 0 aliphatic carbocycles. The second-order valence-electron chi connectivity index (χ2n) is 13.1. The maximum absolute atomic E-state index is 13.8. The van der Waals surface area contributed by atoms with E-state index in [2.05, 4.69) is 36.4 Å². The van der Waals surface area contributed by atoms with Crippen LogP contribution >= 0.6 is 23.2 Å². The Balaban J connectivity index is 1.32. The second-order valence-corrected chi connectivity index (χ2v) is 13.9. The highest BCUT2D eigenvalue weighted by Crippen LogP contribution is 2.46. The van der Waals surface area contributed by atoms with Gasteiger partial charge in [-0.2, -0.15) is 0 Å². The van der Waals surface area contributed by atoms with Gasteiger partial charge in [0, 0.05) is 57.2 Å². The fraction of sp³-hybridized carbons (Fsp3) is 0.486. The van der Waals surface area contributed by atoms with Crippen molar-refractivity contribution in [3.8, 4) is 5.75 Å². The Bertz CT molecular complexity index is 1370. The van der Waals surface area contributed by atoms with Gasteiger partial charge in [-0.1, -0.05) is 71.7 Å². The Labute approximate surface area is 273 Å². The molecule has 2 bridgehead atoms. The van der Waals surface area contributed by atoms with E-state index < -0.39 is 0 Å². The molecule has 3 aliphatic rings. The Morgan fingerprint density at radius 3 is 2.32 bits per heavy atom. The first-order valence-electron chi connectivity index (χ1n) is 16.1. The van der Waals surface area contributed by atoms with E-state index in [1.807, 2.05) is 55.1 Å². The Hall–Kier alpha value is -2.57. The van der Waals surface area contributed by atoms with Gasteiger partial charge in [0.05, 0.1) is 55.4 Å². The second kappa shape index (κ2) is 14.7. The lowest BCUT2D eigenvalue weighted by molar-refractivity contribution is -0.943. The SMILES string of the molecule is COCCN(CC(CC[N+]12CCC(c3ccccc3)(CC1)CC2)c1ccc(Cl)c(Cl)c1)C(=O)Cc1cccc(OC(C)C)c1. The number of amides is 1. The lowest BCUT2D eigenvalue weighted by atomic mass is 9.66.